The fourth-order valence-corrected chi connectivity index (χ4v) is 3.14. The van der Waals surface area contributed by atoms with E-state index in [4.69, 9.17) is 5.84 Å². The molecule has 2 unspecified atom stereocenters. The number of aliphatic imine (C=N–C) groups is 1. The maximum absolute atomic E-state index is 12.8. The largest absolute Gasteiger partial charge is 0.299 e. The predicted molar refractivity (Wildman–Crippen MR) is 85.9 cm³/mol. The molecule has 22 heavy (non-hydrogen) atoms. The number of Topliss-reactive ketones (excluding diaryl/α,β-unsaturated/α-hetero) is 1. The summed E-state index contributed by atoms with van der Waals surface area (Å²) in [5.74, 6) is 4.28. The molecule has 5 nitrogen and oxygen atoms in total. The third-order valence-corrected chi connectivity index (χ3v) is 4.04. The topological polar surface area (TPSA) is 84.5 Å². The molecule has 5 heteroatoms. The summed E-state index contributed by atoms with van der Waals surface area (Å²) < 4.78 is 0. The number of benzene rings is 1. The van der Waals surface area contributed by atoms with E-state index in [1.807, 2.05) is 37.3 Å². The number of carbonyl (C=O) groups excluding carboxylic acids is 2. The maximum Gasteiger partial charge on any atom is 0.244 e. The van der Waals surface area contributed by atoms with Gasteiger partial charge in [0.15, 0.2) is 0 Å². The van der Waals surface area contributed by atoms with Crippen LogP contribution in [0.15, 0.2) is 47.1 Å². The van der Waals surface area contributed by atoms with Crippen LogP contribution in [0.5, 0.6) is 0 Å². The summed E-state index contributed by atoms with van der Waals surface area (Å²) in [7, 11) is 0. The normalized spacial score (nSPS) is 24.3. The minimum Gasteiger partial charge on any atom is -0.299 e. The first-order valence-corrected chi connectivity index (χ1v) is 7.21. The number of carbonyl (C=O) groups is 2. The molecule has 0 saturated carbocycles. The van der Waals surface area contributed by atoms with E-state index in [-0.39, 0.29) is 18.1 Å². The van der Waals surface area contributed by atoms with Crippen LogP contribution in [0, 0.1) is 11.3 Å². The molecule has 1 aromatic carbocycles. The third kappa shape index (κ3) is 2.99. The lowest BCUT2D eigenvalue weighted by molar-refractivity contribution is -0.134. The monoisotopic (exact) mass is 299 g/mol. The van der Waals surface area contributed by atoms with Gasteiger partial charge in [-0.3, -0.25) is 20.0 Å². The number of hydrogen-bond donors (Lipinski definition) is 2. The highest BCUT2D eigenvalue weighted by atomic mass is 16.2. The van der Waals surface area contributed by atoms with Crippen LogP contribution in [-0.2, 0) is 16.0 Å². The van der Waals surface area contributed by atoms with E-state index in [9.17, 15) is 9.59 Å². The van der Waals surface area contributed by atoms with Crippen LogP contribution in [-0.4, -0.2) is 17.4 Å². The van der Waals surface area contributed by atoms with Crippen LogP contribution >= 0.6 is 0 Å². The minimum atomic E-state index is -1.02. The maximum atomic E-state index is 12.8. The van der Waals surface area contributed by atoms with Crippen molar-refractivity contribution in [3.63, 3.8) is 0 Å². The van der Waals surface area contributed by atoms with E-state index in [0.29, 0.717) is 11.4 Å². The summed E-state index contributed by atoms with van der Waals surface area (Å²) in [5, 5.41) is 0. The Hall–Kier alpha value is -2.27. The Kier molecular flexibility index (Phi) is 4.56. The van der Waals surface area contributed by atoms with Crippen molar-refractivity contribution in [2.24, 2.45) is 22.2 Å². The van der Waals surface area contributed by atoms with Gasteiger partial charge in [-0.1, -0.05) is 30.3 Å². The first kappa shape index (κ1) is 16.1. The Morgan fingerprint density at radius 2 is 1.91 bits per heavy atom. The molecule has 1 aromatic rings. The molecule has 0 fully saturated rings. The van der Waals surface area contributed by atoms with Gasteiger partial charge >= 0.3 is 0 Å². The molecule has 0 radical (unpaired) electrons. The number of rotatable bonds is 4. The third-order valence-electron chi connectivity index (χ3n) is 4.04. The fraction of sp³-hybridized carbons (Fsp3) is 0.353. The number of nitrogens with one attached hydrogen (secondary N) is 1. The Morgan fingerprint density at radius 3 is 2.50 bits per heavy atom. The first-order chi connectivity index (χ1) is 10.4. The molecule has 2 atom stereocenters. The second-order valence-corrected chi connectivity index (χ2v) is 5.86. The number of hydrogen-bond acceptors (Lipinski definition) is 4. The van der Waals surface area contributed by atoms with Gasteiger partial charge in [-0.05, 0) is 32.4 Å². The van der Waals surface area contributed by atoms with Gasteiger partial charge in [-0.2, -0.15) is 0 Å². The van der Waals surface area contributed by atoms with Crippen LogP contribution in [0.4, 0.5) is 0 Å². The van der Waals surface area contributed by atoms with E-state index in [2.05, 4.69) is 10.4 Å². The average Bonchev–Trinajstić information content (AvgIpc) is 2.46. The number of nitrogens with zero attached hydrogens (tertiary/aromatic N) is 1. The number of ketones is 1. The zero-order chi connectivity index (χ0) is 16.3. The Morgan fingerprint density at radius 1 is 1.27 bits per heavy atom. The van der Waals surface area contributed by atoms with Crippen LogP contribution < -0.4 is 11.3 Å². The van der Waals surface area contributed by atoms with Crippen molar-refractivity contribution in [3.05, 3.63) is 47.7 Å². The van der Waals surface area contributed by atoms with Gasteiger partial charge in [0.1, 0.15) is 5.78 Å². The van der Waals surface area contributed by atoms with Gasteiger partial charge in [0, 0.05) is 17.8 Å². The summed E-state index contributed by atoms with van der Waals surface area (Å²) >= 11 is 0. The molecule has 2 rings (SSSR count). The first-order valence-electron chi connectivity index (χ1n) is 7.21. The molecular formula is C17H21N3O2. The number of allylic oxidation sites excluding steroid dienone is 1. The van der Waals surface area contributed by atoms with Crippen molar-refractivity contribution in [1.82, 2.24) is 5.43 Å². The summed E-state index contributed by atoms with van der Waals surface area (Å²) in [6.45, 7) is 5.32. The summed E-state index contributed by atoms with van der Waals surface area (Å²) in [4.78, 5) is 29.4. The van der Waals surface area contributed by atoms with E-state index < -0.39 is 11.3 Å². The molecule has 0 saturated heterocycles. The zero-order valence-corrected chi connectivity index (χ0v) is 13.1. The summed E-state index contributed by atoms with van der Waals surface area (Å²) in [5.41, 5.74) is 3.44. The van der Waals surface area contributed by atoms with Crippen molar-refractivity contribution in [3.8, 4) is 0 Å². The predicted octanol–water partition coefficient (Wildman–Crippen LogP) is 1.79. The average molecular weight is 299 g/mol. The second-order valence-electron chi connectivity index (χ2n) is 5.86. The lowest BCUT2D eigenvalue weighted by atomic mass is 9.69. The van der Waals surface area contributed by atoms with Crippen LogP contribution in [0.25, 0.3) is 0 Å². The van der Waals surface area contributed by atoms with Gasteiger partial charge in [-0.15, -0.1) is 0 Å². The smallest absolute Gasteiger partial charge is 0.244 e. The Bertz CT molecular complexity index is 649. The van der Waals surface area contributed by atoms with E-state index in [1.165, 1.54) is 0 Å². The summed E-state index contributed by atoms with van der Waals surface area (Å²) in [6.07, 6.45) is 1.98. The molecule has 1 aliphatic rings. The molecule has 1 amide bonds. The SMILES string of the molecule is CC1=CC(C)(C(=O)NN)C(C(=O)Cc2ccccc2)C(C)=N1. The van der Waals surface area contributed by atoms with Gasteiger partial charge in [0.05, 0.1) is 11.3 Å². The van der Waals surface area contributed by atoms with Crippen molar-refractivity contribution in [2.75, 3.05) is 0 Å². The highest BCUT2D eigenvalue weighted by Gasteiger charge is 2.46. The van der Waals surface area contributed by atoms with Crippen LogP contribution in [0.3, 0.4) is 0 Å². The van der Waals surface area contributed by atoms with Crippen LogP contribution in [0.1, 0.15) is 26.3 Å². The number of nitrogens with two attached hydrogens (primary N) is 1. The van der Waals surface area contributed by atoms with Gasteiger partial charge in [0.2, 0.25) is 5.91 Å². The molecule has 0 aromatic heterocycles. The van der Waals surface area contributed by atoms with Gasteiger partial charge < -0.3 is 0 Å². The standard InChI is InChI=1S/C17H21N3O2/c1-11-10-17(3,16(22)20-18)15(12(2)19-11)14(21)9-13-7-5-4-6-8-13/h4-8,10,15H,9,18H2,1-3H3,(H,20,22). The molecule has 1 aliphatic heterocycles. The van der Waals surface area contributed by atoms with E-state index >= 15 is 0 Å². The minimum absolute atomic E-state index is 0.0395. The van der Waals surface area contributed by atoms with Gasteiger partial charge in [-0.25, -0.2) is 5.84 Å². The van der Waals surface area contributed by atoms with E-state index in [0.717, 1.165) is 5.56 Å². The van der Waals surface area contributed by atoms with E-state index in [1.54, 1.807) is 19.9 Å². The number of hydrazine groups is 1. The highest BCUT2D eigenvalue weighted by molar-refractivity contribution is 6.10. The molecule has 0 aliphatic carbocycles. The Labute approximate surface area is 130 Å². The van der Waals surface area contributed by atoms with Gasteiger partial charge in [0.25, 0.3) is 0 Å². The molecular weight excluding hydrogens is 278 g/mol. The van der Waals surface area contributed by atoms with Crippen molar-refractivity contribution >= 4 is 17.4 Å². The van der Waals surface area contributed by atoms with Crippen molar-refractivity contribution in [2.45, 2.75) is 27.2 Å². The number of amides is 1. The molecule has 116 valence electrons. The van der Waals surface area contributed by atoms with Crippen molar-refractivity contribution in [1.29, 1.82) is 0 Å². The molecule has 0 spiro atoms. The molecule has 3 N–H and O–H groups in total. The quantitative estimate of drug-likeness (QED) is 0.505. The Balaban J connectivity index is 2.35. The van der Waals surface area contributed by atoms with Crippen LogP contribution in [0.2, 0.25) is 0 Å². The lowest BCUT2D eigenvalue weighted by Gasteiger charge is -2.35. The lowest BCUT2D eigenvalue weighted by Crippen LogP contribution is -2.51. The summed E-state index contributed by atoms with van der Waals surface area (Å²) in [6, 6.07) is 9.48. The zero-order valence-electron chi connectivity index (χ0n) is 13.1. The fourth-order valence-electron chi connectivity index (χ4n) is 3.14. The second kappa shape index (κ2) is 6.23. The van der Waals surface area contributed by atoms with Crippen molar-refractivity contribution < 1.29 is 9.59 Å². The highest BCUT2D eigenvalue weighted by Crippen LogP contribution is 2.37. The molecule has 0 bridgehead atoms. The molecule has 1 heterocycles.